The van der Waals surface area contributed by atoms with Gasteiger partial charge >= 0.3 is 29.8 Å². The lowest BCUT2D eigenvalue weighted by Gasteiger charge is -2.32. The average Bonchev–Trinajstić information content (AvgIpc) is 2.68. The Morgan fingerprint density at radius 1 is 0.647 bits per heavy atom. The summed E-state index contributed by atoms with van der Waals surface area (Å²) in [5.41, 5.74) is 6.38. The lowest BCUT2D eigenvalue weighted by molar-refractivity contribution is -0.146. The van der Waals surface area contributed by atoms with E-state index in [0.717, 1.165) is 9.80 Å². The number of carbonyl (C=O) groups is 5. The highest BCUT2D eigenvalue weighted by Gasteiger charge is 2.29. The molecule has 188 valence electrons. The Kier molecular flexibility index (Phi) is 11.4. The molecular formula is C20H28N4O10. The maximum absolute atomic E-state index is 12.2. The molecule has 0 aliphatic rings. The highest BCUT2D eigenvalue weighted by atomic mass is 16.4. The molecule has 0 aromatic heterocycles. The molecule has 1 unspecified atom stereocenters. The Labute approximate surface area is 194 Å². The molecule has 1 rings (SSSR count). The van der Waals surface area contributed by atoms with Crippen LogP contribution in [0.15, 0.2) is 24.3 Å². The standard InChI is InChI=1S/C20H28N4O10/c21-14-3-1-13(2-4-14)19(20(33)34)24(7-5-22(9-15(25)26)10-16(27)28)8-6-23(11-17(29)30)12-18(31)32/h1-4,19H,5-12,21H2,(H,25,26)(H,27,28)(H,29,30)(H,31,32)(H,33,34). The summed E-state index contributed by atoms with van der Waals surface area (Å²) < 4.78 is 0. The number of aliphatic carboxylic acids is 5. The Bertz CT molecular complexity index is 805. The zero-order valence-electron chi connectivity index (χ0n) is 18.2. The van der Waals surface area contributed by atoms with Gasteiger partial charge in [0.2, 0.25) is 0 Å². The quantitative estimate of drug-likeness (QED) is 0.141. The molecule has 1 aromatic carbocycles. The van der Waals surface area contributed by atoms with Crippen LogP contribution in [0.3, 0.4) is 0 Å². The van der Waals surface area contributed by atoms with Gasteiger partial charge in [0.05, 0.1) is 26.2 Å². The SMILES string of the molecule is Nc1ccc(C(C(=O)O)N(CCN(CC(=O)O)CC(=O)O)CCN(CC(=O)O)CC(=O)O)cc1. The number of nitrogens with two attached hydrogens (primary N) is 1. The van der Waals surface area contributed by atoms with E-state index in [9.17, 15) is 29.1 Å². The average molecular weight is 484 g/mol. The Morgan fingerprint density at radius 2 is 1.00 bits per heavy atom. The second-order valence-electron chi connectivity index (χ2n) is 7.44. The van der Waals surface area contributed by atoms with Crippen molar-refractivity contribution in [3.63, 3.8) is 0 Å². The predicted octanol–water partition coefficient (Wildman–Crippen LogP) is -1.36. The van der Waals surface area contributed by atoms with Crippen LogP contribution in [-0.4, -0.2) is 122 Å². The predicted molar refractivity (Wildman–Crippen MR) is 116 cm³/mol. The molecule has 0 amide bonds. The van der Waals surface area contributed by atoms with Crippen molar-refractivity contribution >= 4 is 35.5 Å². The number of benzene rings is 1. The van der Waals surface area contributed by atoms with Crippen LogP contribution in [0.4, 0.5) is 5.69 Å². The van der Waals surface area contributed by atoms with Crippen LogP contribution in [0, 0.1) is 0 Å². The van der Waals surface area contributed by atoms with E-state index in [1.54, 1.807) is 0 Å². The lowest BCUT2D eigenvalue weighted by atomic mass is 10.0. The molecule has 0 aliphatic carbocycles. The van der Waals surface area contributed by atoms with Crippen LogP contribution < -0.4 is 5.73 Å². The van der Waals surface area contributed by atoms with Crippen molar-refractivity contribution < 1.29 is 49.5 Å². The monoisotopic (exact) mass is 484 g/mol. The molecule has 14 nitrogen and oxygen atoms in total. The van der Waals surface area contributed by atoms with E-state index in [0.29, 0.717) is 11.3 Å². The second kappa shape index (κ2) is 13.7. The van der Waals surface area contributed by atoms with Crippen LogP contribution in [0.2, 0.25) is 0 Å². The second-order valence-corrected chi connectivity index (χ2v) is 7.44. The third-order valence-electron chi connectivity index (χ3n) is 4.69. The molecule has 34 heavy (non-hydrogen) atoms. The van der Waals surface area contributed by atoms with Crippen molar-refractivity contribution in [3.05, 3.63) is 29.8 Å². The minimum Gasteiger partial charge on any atom is -0.480 e. The van der Waals surface area contributed by atoms with Crippen LogP contribution in [-0.2, 0) is 24.0 Å². The molecule has 0 spiro atoms. The fourth-order valence-electron chi connectivity index (χ4n) is 3.29. The van der Waals surface area contributed by atoms with Gasteiger partial charge < -0.3 is 31.3 Å². The third-order valence-corrected chi connectivity index (χ3v) is 4.69. The highest BCUT2D eigenvalue weighted by molar-refractivity contribution is 5.76. The molecular weight excluding hydrogens is 456 g/mol. The summed E-state index contributed by atoms with van der Waals surface area (Å²) in [6.45, 7) is -2.84. The molecule has 0 aliphatic heterocycles. The van der Waals surface area contributed by atoms with Gasteiger partial charge in [-0.05, 0) is 17.7 Å². The number of carboxylic acids is 5. The van der Waals surface area contributed by atoms with Gasteiger partial charge in [-0.25, -0.2) is 0 Å². The van der Waals surface area contributed by atoms with Gasteiger partial charge in [-0.2, -0.15) is 0 Å². The topological polar surface area (TPSA) is 222 Å². The number of hydrogen-bond donors (Lipinski definition) is 6. The third kappa shape index (κ3) is 10.7. The van der Waals surface area contributed by atoms with E-state index >= 15 is 0 Å². The summed E-state index contributed by atoms with van der Waals surface area (Å²) in [5.74, 6) is -6.34. The first-order valence-electron chi connectivity index (χ1n) is 10.0. The van der Waals surface area contributed by atoms with Crippen molar-refractivity contribution in [1.29, 1.82) is 0 Å². The molecule has 0 saturated heterocycles. The van der Waals surface area contributed by atoms with Crippen molar-refractivity contribution in [1.82, 2.24) is 14.7 Å². The first kappa shape index (κ1) is 28.3. The van der Waals surface area contributed by atoms with Gasteiger partial charge in [-0.3, -0.25) is 38.7 Å². The smallest absolute Gasteiger partial charge is 0.325 e. The van der Waals surface area contributed by atoms with Gasteiger partial charge in [0.1, 0.15) is 6.04 Å². The van der Waals surface area contributed by atoms with Gasteiger partial charge in [0.25, 0.3) is 0 Å². The summed E-state index contributed by atoms with van der Waals surface area (Å²) in [6.07, 6.45) is 0. The highest BCUT2D eigenvalue weighted by Crippen LogP contribution is 2.22. The van der Waals surface area contributed by atoms with E-state index in [2.05, 4.69) is 0 Å². The number of rotatable bonds is 17. The number of nitrogens with zero attached hydrogens (tertiary/aromatic N) is 3. The number of nitrogen functional groups attached to an aromatic ring is 1. The zero-order valence-corrected chi connectivity index (χ0v) is 18.2. The fourth-order valence-corrected chi connectivity index (χ4v) is 3.29. The molecule has 7 N–H and O–H groups in total. The van der Waals surface area contributed by atoms with Gasteiger partial charge in [-0.1, -0.05) is 12.1 Å². The fraction of sp³-hybridized carbons (Fsp3) is 0.450. The van der Waals surface area contributed by atoms with Gasteiger partial charge in [0, 0.05) is 31.9 Å². The lowest BCUT2D eigenvalue weighted by Crippen LogP contribution is -2.46. The van der Waals surface area contributed by atoms with Crippen LogP contribution in [0.1, 0.15) is 11.6 Å². The summed E-state index contributed by atoms with van der Waals surface area (Å²) in [5, 5.41) is 46.0. The summed E-state index contributed by atoms with van der Waals surface area (Å²) in [7, 11) is 0. The maximum Gasteiger partial charge on any atom is 0.325 e. The molecule has 0 heterocycles. The van der Waals surface area contributed by atoms with Crippen molar-refractivity contribution in [2.75, 3.05) is 58.1 Å². The van der Waals surface area contributed by atoms with E-state index in [1.807, 2.05) is 0 Å². The minimum atomic E-state index is -1.27. The van der Waals surface area contributed by atoms with Crippen molar-refractivity contribution in [2.45, 2.75) is 6.04 Å². The Morgan fingerprint density at radius 3 is 1.29 bits per heavy atom. The molecule has 0 saturated carbocycles. The first-order chi connectivity index (χ1) is 15.9. The van der Waals surface area contributed by atoms with E-state index in [4.69, 9.17) is 26.2 Å². The number of carboxylic acid groups (broad SMARTS) is 5. The maximum atomic E-state index is 12.2. The van der Waals surface area contributed by atoms with Gasteiger partial charge in [-0.15, -0.1) is 0 Å². The van der Waals surface area contributed by atoms with Crippen LogP contribution >= 0.6 is 0 Å². The van der Waals surface area contributed by atoms with Crippen molar-refractivity contribution in [2.24, 2.45) is 0 Å². The summed E-state index contributed by atoms with van der Waals surface area (Å²) >= 11 is 0. The van der Waals surface area contributed by atoms with Crippen molar-refractivity contribution in [3.8, 4) is 0 Å². The largest absolute Gasteiger partial charge is 0.480 e. The molecule has 0 fully saturated rings. The van der Waals surface area contributed by atoms with Gasteiger partial charge in [0.15, 0.2) is 0 Å². The first-order valence-corrected chi connectivity index (χ1v) is 10.0. The molecule has 14 heteroatoms. The zero-order chi connectivity index (χ0) is 25.8. The van der Waals surface area contributed by atoms with E-state index in [1.165, 1.54) is 29.2 Å². The van der Waals surface area contributed by atoms with E-state index < -0.39 is 62.1 Å². The number of anilines is 1. The molecule has 0 radical (unpaired) electrons. The normalized spacial score (nSPS) is 12.1. The molecule has 1 aromatic rings. The summed E-state index contributed by atoms with van der Waals surface area (Å²) in [4.78, 5) is 60.1. The molecule has 0 bridgehead atoms. The molecule has 1 atom stereocenters. The van der Waals surface area contributed by atoms with Crippen LogP contribution in [0.25, 0.3) is 0 Å². The van der Waals surface area contributed by atoms with E-state index in [-0.39, 0.29) is 26.2 Å². The minimum absolute atomic E-state index is 0.101. The number of hydrogen-bond acceptors (Lipinski definition) is 9. The van der Waals surface area contributed by atoms with Crippen LogP contribution in [0.5, 0.6) is 0 Å². The Hall–Kier alpha value is -3.75. The Balaban J connectivity index is 3.18. The summed E-state index contributed by atoms with van der Waals surface area (Å²) in [6, 6.07) is 4.69.